The summed E-state index contributed by atoms with van der Waals surface area (Å²) in [7, 11) is 0. The highest BCUT2D eigenvalue weighted by Gasteiger charge is 2.24. The molecule has 0 aromatic carbocycles. The fourth-order valence-corrected chi connectivity index (χ4v) is 2.12. The molecule has 1 aromatic rings. The summed E-state index contributed by atoms with van der Waals surface area (Å²) < 4.78 is 0. The first-order valence-corrected chi connectivity index (χ1v) is 5.96. The molecule has 17 heavy (non-hydrogen) atoms. The average Bonchev–Trinajstić information content (AvgIpc) is 2.13. The molecule has 1 saturated carbocycles. The van der Waals surface area contributed by atoms with E-state index in [4.69, 9.17) is 0 Å². The van der Waals surface area contributed by atoms with Crippen molar-refractivity contribution in [3.63, 3.8) is 0 Å². The van der Waals surface area contributed by atoms with Crippen LogP contribution in [-0.4, -0.2) is 15.9 Å². The number of pyridine rings is 1. The van der Waals surface area contributed by atoms with Crippen LogP contribution in [0.5, 0.6) is 0 Å². The van der Waals surface area contributed by atoms with Crippen molar-refractivity contribution in [2.45, 2.75) is 39.2 Å². The quantitative estimate of drug-likeness (QED) is 0.643. The minimum Gasteiger partial charge on any atom is -0.367 e. The normalized spacial score (nSPS) is 17.3. The average molecular weight is 235 g/mol. The summed E-state index contributed by atoms with van der Waals surface area (Å²) in [6, 6.07) is 3.58. The Labute approximate surface area is 100 Å². The number of anilines is 1. The molecule has 1 N–H and O–H groups in total. The molecule has 1 aliphatic carbocycles. The van der Waals surface area contributed by atoms with Crippen LogP contribution in [0.2, 0.25) is 0 Å². The van der Waals surface area contributed by atoms with Crippen LogP contribution in [0.15, 0.2) is 12.1 Å². The highest BCUT2D eigenvalue weighted by Crippen LogP contribution is 2.31. The maximum Gasteiger partial charge on any atom is 0.290 e. The second-order valence-corrected chi connectivity index (χ2v) is 4.68. The van der Waals surface area contributed by atoms with E-state index in [1.54, 1.807) is 13.0 Å². The SMILES string of the molecule is Cc1nc(NC(C)C2CCC2)ccc1[N+](=O)[O-]. The lowest BCUT2D eigenvalue weighted by molar-refractivity contribution is -0.385. The van der Waals surface area contributed by atoms with Gasteiger partial charge in [0.2, 0.25) is 0 Å². The van der Waals surface area contributed by atoms with E-state index >= 15 is 0 Å². The fourth-order valence-electron chi connectivity index (χ4n) is 2.12. The van der Waals surface area contributed by atoms with Gasteiger partial charge >= 0.3 is 0 Å². The van der Waals surface area contributed by atoms with E-state index in [-0.39, 0.29) is 5.69 Å². The van der Waals surface area contributed by atoms with E-state index < -0.39 is 4.92 Å². The first-order valence-electron chi connectivity index (χ1n) is 5.96. The van der Waals surface area contributed by atoms with Gasteiger partial charge in [0, 0.05) is 12.1 Å². The first-order chi connectivity index (χ1) is 8.08. The Morgan fingerprint density at radius 1 is 1.53 bits per heavy atom. The molecule has 5 heteroatoms. The number of nitro groups is 1. The summed E-state index contributed by atoms with van der Waals surface area (Å²) >= 11 is 0. The van der Waals surface area contributed by atoms with E-state index in [1.807, 2.05) is 0 Å². The van der Waals surface area contributed by atoms with E-state index in [2.05, 4.69) is 17.2 Å². The molecule has 1 aliphatic rings. The van der Waals surface area contributed by atoms with Crippen LogP contribution in [0.1, 0.15) is 31.9 Å². The highest BCUT2D eigenvalue weighted by atomic mass is 16.6. The van der Waals surface area contributed by atoms with Crippen molar-refractivity contribution in [3.8, 4) is 0 Å². The Morgan fingerprint density at radius 3 is 2.71 bits per heavy atom. The van der Waals surface area contributed by atoms with E-state index in [9.17, 15) is 10.1 Å². The summed E-state index contributed by atoms with van der Waals surface area (Å²) in [4.78, 5) is 14.5. The van der Waals surface area contributed by atoms with Crippen molar-refractivity contribution < 1.29 is 4.92 Å². The molecular weight excluding hydrogens is 218 g/mol. The van der Waals surface area contributed by atoms with Gasteiger partial charge in [-0.15, -0.1) is 0 Å². The highest BCUT2D eigenvalue weighted by molar-refractivity contribution is 5.45. The lowest BCUT2D eigenvalue weighted by atomic mass is 9.80. The molecule has 0 bridgehead atoms. The number of hydrogen-bond donors (Lipinski definition) is 1. The van der Waals surface area contributed by atoms with Crippen LogP contribution >= 0.6 is 0 Å². The Hall–Kier alpha value is -1.65. The first kappa shape index (κ1) is 11.8. The molecule has 0 spiro atoms. The topological polar surface area (TPSA) is 68.1 Å². The van der Waals surface area contributed by atoms with Crippen molar-refractivity contribution >= 4 is 11.5 Å². The molecule has 2 rings (SSSR count). The molecule has 0 aliphatic heterocycles. The van der Waals surface area contributed by atoms with Gasteiger partial charge in [-0.1, -0.05) is 6.42 Å². The predicted molar refractivity (Wildman–Crippen MR) is 66.1 cm³/mol. The molecule has 1 atom stereocenters. The maximum atomic E-state index is 10.7. The third-order valence-electron chi connectivity index (χ3n) is 3.49. The molecular formula is C12H17N3O2. The lowest BCUT2D eigenvalue weighted by Crippen LogP contribution is -2.31. The van der Waals surface area contributed by atoms with Gasteiger partial charge in [0.1, 0.15) is 11.5 Å². The van der Waals surface area contributed by atoms with Gasteiger partial charge in [0.15, 0.2) is 0 Å². The Kier molecular flexibility index (Phi) is 3.26. The van der Waals surface area contributed by atoms with Crippen LogP contribution in [0, 0.1) is 23.0 Å². The molecule has 1 unspecified atom stereocenters. The fraction of sp³-hybridized carbons (Fsp3) is 0.583. The van der Waals surface area contributed by atoms with Gasteiger partial charge in [-0.05, 0) is 38.7 Å². The van der Waals surface area contributed by atoms with Crippen molar-refractivity contribution in [2.24, 2.45) is 5.92 Å². The zero-order valence-corrected chi connectivity index (χ0v) is 10.1. The number of nitrogens with one attached hydrogen (secondary N) is 1. The van der Waals surface area contributed by atoms with E-state index in [0.29, 0.717) is 17.7 Å². The van der Waals surface area contributed by atoms with Crippen molar-refractivity contribution in [1.82, 2.24) is 4.98 Å². The van der Waals surface area contributed by atoms with Crippen LogP contribution < -0.4 is 5.32 Å². The van der Waals surface area contributed by atoms with Crippen molar-refractivity contribution in [2.75, 3.05) is 5.32 Å². The zero-order valence-electron chi connectivity index (χ0n) is 10.1. The predicted octanol–water partition coefficient (Wildman–Crippen LogP) is 2.90. The second-order valence-electron chi connectivity index (χ2n) is 4.68. The van der Waals surface area contributed by atoms with Crippen LogP contribution in [0.3, 0.4) is 0 Å². The summed E-state index contributed by atoms with van der Waals surface area (Å²) in [5.74, 6) is 1.44. The minimum atomic E-state index is -0.401. The molecule has 0 saturated heterocycles. The Balaban J connectivity index is 2.06. The molecule has 5 nitrogen and oxygen atoms in total. The van der Waals surface area contributed by atoms with E-state index in [1.165, 1.54) is 25.3 Å². The molecule has 0 radical (unpaired) electrons. The number of aromatic nitrogens is 1. The molecule has 1 aromatic heterocycles. The molecule has 1 fully saturated rings. The number of nitrogens with zero attached hydrogens (tertiary/aromatic N) is 2. The lowest BCUT2D eigenvalue weighted by Gasteiger charge is -2.32. The Morgan fingerprint density at radius 2 is 2.24 bits per heavy atom. The van der Waals surface area contributed by atoms with Crippen LogP contribution in [0.25, 0.3) is 0 Å². The summed E-state index contributed by atoms with van der Waals surface area (Å²) in [5, 5.41) is 14.0. The second kappa shape index (κ2) is 4.69. The molecule has 0 amide bonds. The summed E-state index contributed by atoms with van der Waals surface area (Å²) in [6.45, 7) is 3.81. The summed E-state index contributed by atoms with van der Waals surface area (Å²) in [5.41, 5.74) is 0.535. The number of hydrogen-bond acceptors (Lipinski definition) is 4. The van der Waals surface area contributed by atoms with Gasteiger partial charge in [-0.25, -0.2) is 4.98 Å². The van der Waals surface area contributed by atoms with Gasteiger partial charge in [-0.2, -0.15) is 0 Å². The molecule has 92 valence electrons. The standard InChI is InChI=1S/C12H17N3O2/c1-8(10-4-3-5-10)13-12-7-6-11(15(16)17)9(2)14-12/h6-8,10H,3-5H2,1-2H3,(H,13,14). The van der Waals surface area contributed by atoms with Crippen LogP contribution in [0.4, 0.5) is 11.5 Å². The minimum absolute atomic E-state index is 0.0758. The molecule has 1 heterocycles. The maximum absolute atomic E-state index is 10.7. The van der Waals surface area contributed by atoms with Crippen molar-refractivity contribution in [3.05, 3.63) is 27.9 Å². The number of aryl methyl sites for hydroxylation is 1. The van der Waals surface area contributed by atoms with Gasteiger partial charge in [0.25, 0.3) is 5.69 Å². The smallest absolute Gasteiger partial charge is 0.290 e. The Bertz CT molecular complexity index is 430. The number of rotatable bonds is 4. The van der Waals surface area contributed by atoms with E-state index in [0.717, 1.165) is 5.82 Å². The van der Waals surface area contributed by atoms with Gasteiger partial charge in [-0.3, -0.25) is 10.1 Å². The summed E-state index contributed by atoms with van der Waals surface area (Å²) in [6.07, 6.45) is 3.84. The monoisotopic (exact) mass is 235 g/mol. The van der Waals surface area contributed by atoms with Crippen molar-refractivity contribution in [1.29, 1.82) is 0 Å². The van der Waals surface area contributed by atoms with Crippen LogP contribution in [-0.2, 0) is 0 Å². The zero-order chi connectivity index (χ0) is 12.4. The third kappa shape index (κ3) is 2.54. The third-order valence-corrected chi connectivity index (χ3v) is 3.49. The van der Waals surface area contributed by atoms with Gasteiger partial charge < -0.3 is 5.32 Å². The largest absolute Gasteiger partial charge is 0.367 e. The van der Waals surface area contributed by atoms with Gasteiger partial charge in [0.05, 0.1) is 4.92 Å².